The topological polar surface area (TPSA) is 64.4 Å². The Morgan fingerprint density at radius 1 is 1.21 bits per heavy atom. The molecule has 0 aliphatic rings. The smallest absolute Gasteiger partial charge is 0.251 e. The molecule has 3 rings (SSSR count). The fourth-order valence-electron chi connectivity index (χ4n) is 2.80. The number of amides is 1. The molecule has 0 saturated heterocycles. The normalized spacial score (nSPS) is 11.9. The summed E-state index contributed by atoms with van der Waals surface area (Å²) >= 11 is 12.2. The van der Waals surface area contributed by atoms with E-state index < -0.39 is 0 Å². The summed E-state index contributed by atoms with van der Waals surface area (Å²) < 4.78 is 10.9. The molecular formula is C21H20Cl2N2O3. The number of nitrogens with zero attached hydrogens (tertiary/aromatic N) is 1. The average Bonchev–Trinajstić information content (AvgIpc) is 2.98. The zero-order valence-electron chi connectivity index (χ0n) is 15.8. The maximum absolute atomic E-state index is 12.6. The van der Waals surface area contributed by atoms with Gasteiger partial charge in [0.1, 0.15) is 18.1 Å². The van der Waals surface area contributed by atoms with E-state index in [1.165, 1.54) is 0 Å². The minimum Gasteiger partial charge on any atom is -0.489 e. The van der Waals surface area contributed by atoms with E-state index in [0.29, 0.717) is 28.0 Å². The van der Waals surface area contributed by atoms with Crippen LogP contribution in [-0.4, -0.2) is 11.1 Å². The molecule has 146 valence electrons. The third kappa shape index (κ3) is 4.66. The molecule has 1 N–H and O–H groups in total. The van der Waals surface area contributed by atoms with Crippen LogP contribution in [0.25, 0.3) is 0 Å². The van der Waals surface area contributed by atoms with Crippen LogP contribution in [0.5, 0.6) is 5.75 Å². The van der Waals surface area contributed by atoms with Gasteiger partial charge < -0.3 is 14.6 Å². The molecular weight excluding hydrogens is 399 g/mol. The molecule has 0 aliphatic carbocycles. The first-order valence-corrected chi connectivity index (χ1v) is 9.51. The van der Waals surface area contributed by atoms with Crippen molar-refractivity contribution < 1.29 is 14.1 Å². The van der Waals surface area contributed by atoms with Gasteiger partial charge in [0, 0.05) is 15.6 Å². The lowest BCUT2D eigenvalue weighted by Crippen LogP contribution is -2.26. The molecule has 5 nitrogen and oxygen atoms in total. The van der Waals surface area contributed by atoms with Gasteiger partial charge in [-0.05, 0) is 56.7 Å². The highest BCUT2D eigenvalue weighted by molar-refractivity contribution is 6.35. The van der Waals surface area contributed by atoms with Gasteiger partial charge in [-0.3, -0.25) is 4.79 Å². The van der Waals surface area contributed by atoms with E-state index in [1.54, 1.807) is 42.5 Å². The third-order valence-electron chi connectivity index (χ3n) is 4.44. The molecule has 1 amide bonds. The number of halogens is 2. The van der Waals surface area contributed by atoms with E-state index >= 15 is 0 Å². The van der Waals surface area contributed by atoms with Crippen molar-refractivity contribution in [3.05, 3.63) is 80.7 Å². The van der Waals surface area contributed by atoms with Crippen molar-refractivity contribution in [1.29, 1.82) is 0 Å². The molecule has 3 aromatic rings. The van der Waals surface area contributed by atoms with Crippen LogP contribution in [0, 0.1) is 13.8 Å². The van der Waals surface area contributed by atoms with Crippen molar-refractivity contribution in [3.63, 3.8) is 0 Å². The van der Waals surface area contributed by atoms with Gasteiger partial charge in [-0.15, -0.1) is 0 Å². The highest BCUT2D eigenvalue weighted by atomic mass is 35.5. The molecule has 1 heterocycles. The first-order chi connectivity index (χ1) is 13.3. The van der Waals surface area contributed by atoms with Gasteiger partial charge in [0.2, 0.25) is 0 Å². The van der Waals surface area contributed by atoms with Crippen LogP contribution in [0.2, 0.25) is 10.0 Å². The Bertz CT molecular complexity index is 982. The molecule has 7 heteroatoms. The average molecular weight is 419 g/mol. The van der Waals surface area contributed by atoms with Gasteiger partial charge in [-0.2, -0.15) is 0 Å². The van der Waals surface area contributed by atoms with Gasteiger partial charge in [0.25, 0.3) is 5.91 Å². The molecule has 1 atom stereocenters. The largest absolute Gasteiger partial charge is 0.489 e. The van der Waals surface area contributed by atoms with E-state index in [2.05, 4.69) is 10.5 Å². The van der Waals surface area contributed by atoms with Gasteiger partial charge in [0.05, 0.1) is 17.3 Å². The minimum absolute atomic E-state index is 0.221. The summed E-state index contributed by atoms with van der Waals surface area (Å²) in [6, 6.07) is 11.9. The van der Waals surface area contributed by atoms with Crippen molar-refractivity contribution >= 4 is 29.1 Å². The Morgan fingerprint density at radius 2 is 2.00 bits per heavy atom. The summed E-state index contributed by atoms with van der Waals surface area (Å²) in [6.07, 6.45) is 0. The number of hydrogen-bond acceptors (Lipinski definition) is 4. The standard InChI is InChI=1S/C21H20Cl2N2O3/c1-12(18-8-7-16(22)10-20(18)23)24-21(26)15-5-4-6-17(9-15)27-11-19-13(2)25-28-14(19)3/h4-10,12H,11H2,1-3H3,(H,24,26). The van der Waals surface area contributed by atoms with Gasteiger partial charge in [-0.1, -0.05) is 40.5 Å². The second kappa shape index (κ2) is 8.67. The van der Waals surface area contributed by atoms with E-state index in [0.717, 1.165) is 22.6 Å². The number of benzene rings is 2. The molecule has 0 fully saturated rings. The van der Waals surface area contributed by atoms with Crippen molar-refractivity contribution in [2.75, 3.05) is 0 Å². The van der Waals surface area contributed by atoms with Crippen molar-refractivity contribution in [3.8, 4) is 5.75 Å². The quantitative estimate of drug-likeness (QED) is 0.559. The van der Waals surface area contributed by atoms with Crippen LogP contribution in [0.3, 0.4) is 0 Å². The molecule has 0 radical (unpaired) electrons. The number of rotatable bonds is 6. The lowest BCUT2D eigenvalue weighted by molar-refractivity contribution is 0.0939. The molecule has 0 bridgehead atoms. The van der Waals surface area contributed by atoms with Crippen LogP contribution in [0.4, 0.5) is 0 Å². The lowest BCUT2D eigenvalue weighted by atomic mass is 10.1. The number of aromatic nitrogens is 1. The van der Waals surface area contributed by atoms with Gasteiger partial charge in [-0.25, -0.2) is 0 Å². The maximum atomic E-state index is 12.6. The molecule has 0 aliphatic heterocycles. The number of carbonyl (C=O) groups is 1. The SMILES string of the molecule is Cc1noc(C)c1COc1cccc(C(=O)NC(C)c2ccc(Cl)cc2Cl)c1. The second-order valence-corrected chi connectivity index (χ2v) is 7.32. The Morgan fingerprint density at radius 3 is 2.68 bits per heavy atom. The molecule has 1 unspecified atom stereocenters. The Balaban J connectivity index is 1.68. The summed E-state index contributed by atoms with van der Waals surface area (Å²) in [5.41, 5.74) is 2.99. The first kappa shape index (κ1) is 20.2. The molecule has 28 heavy (non-hydrogen) atoms. The van der Waals surface area contributed by atoms with Crippen LogP contribution in [0.1, 0.15) is 45.9 Å². The van der Waals surface area contributed by atoms with Gasteiger partial charge >= 0.3 is 0 Å². The van der Waals surface area contributed by atoms with E-state index in [4.69, 9.17) is 32.5 Å². The van der Waals surface area contributed by atoms with Gasteiger partial charge in [0.15, 0.2) is 0 Å². The third-order valence-corrected chi connectivity index (χ3v) is 5.00. The Hall–Kier alpha value is -2.50. The highest BCUT2D eigenvalue weighted by Crippen LogP contribution is 2.26. The van der Waals surface area contributed by atoms with Crippen LogP contribution >= 0.6 is 23.2 Å². The van der Waals surface area contributed by atoms with Crippen LogP contribution in [0.15, 0.2) is 47.0 Å². The first-order valence-electron chi connectivity index (χ1n) is 8.75. The summed E-state index contributed by atoms with van der Waals surface area (Å²) in [6.45, 7) is 5.89. The van der Waals surface area contributed by atoms with E-state index in [-0.39, 0.29) is 11.9 Å². The maximum Gasteiger partial charge on any atom is 0.251 e. The fourth-order valence-corrected chi connectivity index (χ4v) is 3.37. The molecule has 0 saturated carbocycles. The number of carbonyl (C=O) groups excluding carboxylic acids is 1. The minimum atomic E-state index is -0.274. The van der Waals surface area contributed by atoms with E-state index in [1.807, 2.05) is 20.8 Å². The summed E-state index contributed by atoms with van der Waals surface area (Å²) in [5.74, 6) is 1.09. The zero-order chi connectivity index (χ0) is 20.3. The number of nitrogens with one attached hydrogen (secondary N) is 1. The predicted molar refractivity (Wildman–Crippen MR) is 109 cm³/mol. The van der Waals surface area contributed by atoms with E-state index in [9.17, 15) is 4.79 Å². The van der Waals surface area contributed by atoms with Crippen molar-refractivity contribution in [2.45, 2.75) is 33.4 Å². The summed E-state index contributed by atoms with van der Waals surface area (Å²) in [7, 11) is 0. The summed E-state index contributed by atoms with van der Waals surface area (Å²) in [5, 5.41) is 7.91. The molecule has 2 aromatic carbocycles. The predicted octanol–water partition coefficient (Wildman–Crippen LogP) is 5.67. The number of hydrogen-bond donors (Lipinski definition) is 1. The highest BCUT2D eigenvalue weighted by Gasteiger charge is 2.15. The van der Waals surface area contributed by atoms with Crippen LogP contribution in [-0.2, 0) is 6.61 Å². The number of ether oxygens (including phenoxy) is 1. The lowest BCUT2D eigenvalue weighted by Gasteiger charge is -2.16. The summed E-state index contributed by atoms with van der Waals surface area (Å²) in [4.78, 5) is 12.6. The molecule has 0 spiro atoms. The monoisotopic (exact) mass is 418 g/mol. The van der Waals surface area contributed by atoms with Crippen LogP contribution < -0.4 is 10.1 Å². The fraction of sp³-hybridized carbons (Fsp3) is 0.238. The zero-order valence-corrected chi connectivity index (χ0v) is 17.3. The van der Waals surface area contributed by atoms with Crippen molar-refractivity contribution in [1.82, 2.24) is 10.5 Å². The number of aryl methyl sites for hydroxylation is 2. The molecule has 1 aromatic heterocycles. The Kier molecular flexibility index (Phi) is 6.27. The second-order valence-electron chi connectivity index (χ2n) is 6.48. The van der Waals surface area contributed by atoms with Crippen molar-refractivity contribution in [2.24, 2.45) is 0 Å². The Labute approximate surface area is 173 Å².